The van der Waals surface area contributed by atoms with Gasteiger partial charge in [0.1, 0.15) is 17.1 Å². The van der Waals surface area contributed by atoms with Gasteiger partial charge >= 0.3 is 0 Å². The lowest BCUT2D eigenvalue weighted by Gasteiger charge is -2.31. The van der Waals surface area contributed by atoms with Gasteiger partial charge in [0.25, 0.3) is 10.9 Å². The Morgan fingerprint density at radius 3 is 2.11 bits per heavy atom. The molecule has 4 rings (SSSR count). The second-order valence-electron chi connectivity index (χ2n) is 10.3. The van der Waals surface area contributed by atoms with Gasteiger partial charge in [-0.2, -0.15) is 0 Å². The maximum atomic E-state index is 12.3. The van der Waals surface area contributed by atoms with E-state index >= 15 is 0 Å². The molecule has 7 nitrogen and oxygen atoms in total. The highest BCUT2D eigenvalue weighted by atomic mass is 32.2. The van der Waals surface area contributed by atoms with Crippen molar-refractivity contribution >= 4 is 26.9 Å². The van der Waals surface area contributed by atoms with E-state index in [2.05, 4.69) is 31.4 Å². The van der Waals surface area contributed by atoms with Crippen LogP contribution in [0.4, 0.5) is 17.1 Å². The number of hydrogen-bond acceptors (Lipinski definition) is 7. The first-order valence-electron chi connectivity index (χ1n) is 11.9. The summed E-state index contributed by atoms with van der Waals surface area (Å²) in [5.74, 6) is 0.639. The summed E-state index contributed by atoms with van der Waals surface area (Å²) in [6.45, 7) is 6.38. The van der Waals surface area contributed by atoms with Crippen LogP contribution in [-0.2, 0) is 15.3 Å². The van der Waals surface area contributed by atoms with Gasteiger partial charge < -0.3 is 15.4 Å². The molecule has 35 heavy (non-hydrogen) atoms. The molecule has 1 fully saturated rings. The van der Waals surface area contributed by atoms with E-state index in [4.69, 9.17) is 4.74 Å². The zero-order chi connectivity index (χ0) is 25.4. The molecular weight excluding hydrogens is 464 g/mol. The summed E-state index contributed by atoms with van der Waals surface area (Å²) < 4.78 is 29.2. The van der Waals surface area contributed by atoms with Crippen LogP contribution in [0.1, 0.15) is 52.0 Å². The highest BCUT2D eigenvalue weighted by Crippen LogP contribution is 2.30. The van der Waals surface area contributed by atoms with E-state index in [1.54, 1.807) is 24.3 Å². The van der Waals surface area contributed by atoms with Crippen molar-refractivity contribution in [3.05, 3.63) is 74.5 Å². The molecule has 0 spiro atoms. The fourth-order valence-corrected chi connectivity index (χ4v) is 4.97. The van der Waals surface area contributed by atoms with Gasteiger partial charge in [-0.15, -0.1) is 0 Å². The fraction of sp³-hybridized carbons (Fsp3) is 0.407. The normalized spacial score (nSPS) is 18.9. The topological polar surface area (TPSA) is 102 Å². The molecule has 1 aliphatic carbocycles. The van der Waals surface area contributed by atoms with Crippen molar-refractivity contribution in [2.75, 3.05) is 16.9 Å². The molecule has 0 saturated heterocycles. The van der Waals surface area contributed by atoms with Gasteiger partial charge in [0.05, 0.1) is 11.0 Å². The van der Waals surface area contributed by atoms with Crippen molar-refractivity contribution in [1.29, 1.82) is 0 Å². The van der Waals surface area contributed by atoms with Crippen LogP contribution >= 0.6 is 0 Å². The van der Waals surface area contributed by atoms with Gasteiger partial charge in [0.2, 0.25) is 0 Å². The van der Waals surface area contributed by atoms with Crippen LogP contribution in [0, 0.1) is 0 Å². The zero-order valence-electron chi connectivity index (χ0n) is 20.6. The SMILES string of the molecule is CC(C)(C)c1cccc(Nc2c(NC3CCC(Oc4ccc(S(C)(=O)=O)cc4)CC3)c(=O)c2=O)c1. The van der Waals surface area contributed by atoms with E-state index in [1.807, 2.05) is 24.3 Å². The minimum atomic E-state index is -3.24. The van der Waals surface area contributed by atoms with E-state index in [9.17, 15) is 18.0 Å². The molecule has 0 unspecified atom stereocenters. The number of sulfone groups is 1. The zero-order valence-corrected chi connectivity index (χ0v) is 21.4. The lowest BCUT2D eigenvalue weighted by atomic mass is 9.87. The minimum absolute atomic E-state index is 0.0163. The van der Waals surface area contributed by atoms with Crippen LogP contribution < -0.4 is 26.2 Å². The predicted octanol–water partition coefficient (Wildman–Crippen LogP) is 4.53. The van der Waals surface area contributed by atoms with Gasteiger partial charge in [0, 0.05) is 18.0 Å². The second kappa shape index (κ2) is 9.49. The Hall–Kier alpha value is -3.13. The van der Waals surface area contributed by atoms with Gasteiger partial charge in [-0.25, -0.2) is 8.42 Å². The van der Waals surface area contributed by atoms with Crippen molar-refractivity contribution in [3.8, 4) is 5.75 Å². The van der Waals surface area contributed by atoms with Crippen molar-refractivity contribution in [2.24, 2.45) is 0 Å². The van der Waals surface area contributed by atoms with E-state index in [0.717, 1.165) is 36.9 Å². The molecule has 8 heteroatoms. The molecule has 0 atom stereocenters. The summed E-state index contributed by atoms with van der Waals surface area (Å²) >= 11 is 0. The van der Waals surface area contributed by atoms with Crippen LogP contribution in [-0.4, -0.2) is 26.8 Å². The van der Waals surface area contributed by atoms with Crippen molar-refractivity contribution in [3.63, 3.8) is 0 Å². The van der Waals surface area contributed by atoms with Gasteiger partial charge in [-0.1, -0.05) is 32.9 Å². The van der Waals surface area contributed by atoms with Crippen LogP contribution in [0.2, 0.25) is 0 Å². The molecule has 0 aliphatic heterocycles. The maximum absolute atomic E-state index is 12.3. The third-order valence-electron chi connectivity index (χ3n) is 6.49. The molecule has 1 aliphatic rings. The highest BCUT2D eigenvalue weighted by molar-refractivity contribution is 7.90. The first kappa shape index (κ1) is 25.0. The number of nitrogens with one attached hydrogen (secondary N) is 2. The standard InChI is InChI=1S/C27H32N2O5S/c1-27(2,3)17-6-5-7-19(16-17)29-24-23(25(30)26(24)31)28-18-8-10-20(11-9-18)34-21-12-14-22(15-13-21)35(4,32)33/h5-7,12-16,18,20,28-29H,8-11H2,1-4H3. The second-order valence-corrected chi connectivity index (χ2v) is 12.4. The summed E-state index contributed by atoms with van der Waals surface area (Å²) in [7, 11) is -3.24. The molecule has 3 aromatic rings. The monoisotopic (exact) mass is 496 g/mol. The Morgan fingerprint density at radius 1 is 0.886 bits per heavy atom. The maximum Gasteiger partial charge on any atom is 0.253 e. The lowest BCUT2D eigenvalue weighted by molar-refractivity contribution is 0.150. The smallest absolute Gasteiger partial charge is 0.253 e. The van der Waals surface area contributed by atoms with Gasteiger partial charge in [-0.05, 0) is 73.1 Å². The largest absolute Gasteiger partial charge is 0.490 e. The average Bonchev–Trinajstić information content (AvgIpc) is 2.81. The number of anilines is 3. The highest BCUT2D eigenvalue weighted by Gasteiger charge is 2.27. The molecule has 0 heterocycles. The quantitative estimate of drug-likeness (QED) is 0.464. The molecule has 1 saturated carbocycles. The van der Waals surface area contributed by atoms with E-state index in [0.29, 0.717) is 17.1 Å². The Morgan fingerprint density at radius 2 is 1.51 bits per heavy atom. The number of hydrogen-bond donors (Lipinski definition) is 2. The first-order valence-corrected chi connectivity index (χ1v) is 13.7. The van der Waals surface area contributed by atoms with Gasteiger partial charge in [-0.3, -0.25) is 9.59 Å². The Labute approximate surface area is 206 Å². The first-order chi connectivity index (χ1) is 16.4. The Bertz CT molecular complexity index is 1370. The predicted molar refractivity (Wildman–Crippen MR) is 140 cm³/mol. The van der Waals surface area contributed by atoms with E-state index < -0.39 is 20.7 Å². The van der Waals surface area contributed by atoms with Crippen LogP contribution in [0.5, 0.6) is 5.75 Å². The lowest BCUT2D eigenvalue weighted by Crippen LogP contribution is -2.40. The fourth-order valence-electron chi connectivity index (χ4n) is 4.34. The molecule has 0 aromatic heterocycles. The molecule has 0 amide bonds. The molecule has 2 N–H and O–H groups in total. The minimum Gasteiger partial charge on any atom is -0.490 e. The Kier molecular flexibility index (Phi) is 6.77. The third kappa shape index (κ3) is 5.75. The summed E-state index contributed by atoms with van der Waals surface area (Å²) in [6, 6.07) is 14.4. The summed E-state index contributed by atoms with van der Waals surface area (Å²) in [5.41, 5.74) is 1.60. The van der Waals surface area contributed by atoms with Crippen molar-refractivity contribution in [1.82, 2.24) is 0 Å². The van der Waals surface area contributed by atoms with Crippen LogP contribution in [0.25, 0.3) is 0 Å². The number of rotatable bonds is 7. The average molecular weight is 497 g/mol. The molecule has 3 aromatic carbocycles. The summed E-state index contributed by atoms with van der Waals surface area (Å²) in [5, 5.41) is 6.43. The van der Waals surface area contributed by atoms with E-state index in [1.165, 1.54) is 6.26 Å². The van der Waals surface area contributed by atoms with Gasteiger partial charge in [0.15, 0.2) is 9.84 Å². The molecule has 0 radical (unpaired) electrons. The Balaban J connectivity index is 1.35. The van der Waals surface area contributed by atoms with Crippen LogP contribution in [0.3, 0.4) is 0 Å². The number of ether oxygens (including phenoxy) is 1. The molecule has 0 bridgehead atoms. The number of benzene rings is 2. The summed E-state index contributed by atoms with van der Waals surface area (Å²) in [4.78, 5) is 24.8. The van der Waals surface area contributed by atoms with Crippen molar-refractivity contribution < 1.29 is 13.2 Å². The van der Waals surface area contributed by atoms with Crippen LogP contribution in [0.15, 0.2) is 63.0 Å². The third-order valence-corrected chi connectivity index (χ3v) is 7.61. The van der Waals surface area contributed by atoms with Crippen molar-refractivity contribution in [2.45, 2.75) is 68.9 Å². The molecule has 186 valence electrons. The molecular formula is C27H32N2O5S. The summed E-state index contributed by atoms with van der Waals surface area (Å²) in [6.07, 6.45) is 4.36. The van der Waals surface area contributed by atoms with E-state index in [-0.39, 0.29) is 22.5 Å².